The molecular weight excluding hydrogens is 480 g/mol. The maximum atomic E-state index is 14.7. The van der Waals surface area contributed by atoms with Crippen molar-refractivity contribution in [3.05, 3.63) is 60.2 Å². The molecule has 2 amide bonds. The highest BCUT2D eigenvalue weighted by Gasteiger charge is 2.35. The predicted molar refractivity (Wildman–Crippen MR) is 123 cm³/mol. The van der Waals surface area contributed by atoms with E-state index in [1.165, 1.54) is 22.6 Å². The van der Waals surface area contributed by atoms with Crippen molar-refractivity contribution in [2.75, 3.05) is 26.0 Å². The van der Waals surface area contributed by atoms with Crippen molar-refractivity contribution in [1.29, 1.82) is 0 Å². The van der Waals surface area contributed by atoms with E-state index in [1.807, 2.05) is 6.07 Å². The number of rotatable bonds is 7. The van der Waals surface area contributed by atoms with Crippen molar-refractivity contribution in [2.24, 2.45) is 0 Å². The number of halogens is 2. The number of esters is 1. The molecule has 4 rings (SSSR count). The SMILES string of the molecule is COC(=O)C[C@@H]1C(=O)NCCN1C(=O)CSc1nnc(-c2ccccc2)n1-c1ccc(F)cc1F. The summed E-state index contributed by atoms with van der Waals surface area (Å²) in [5.74, 6) is -2.85. The number of nitrogens with one attached hydrogen (secondary N) is 1. The number of methoxy groups -OCH3 is 1. The molecule has 1 N–H and O–H groups in total. The third-order valence-corrected chi connectivity index (χ3v) is 6.29. The van der Waals surface area contributed by atoms with E-state index in [9.17, 15) is 23.2 Å². The fourth-order valence-corrected chi connectivity index (χ4v) is 4.51. The van der Waals surface area contributed by atoms with Gasteiger partial charge in [-0.1, -0.05) is 42.1 Å². The minimum absolute atomic E-state index is 0.0196. The molecular formula is C23H21F2N5O4S. The zero-order valence-electron chi connectivity index (χ0n) is 18.6. The maximum absolute atomic E-state index is 14.7. The Labute approximate surface area is 203 Å². The van der Waals surface area contributed by atoms with Crippen LogP contribution in [0.1, 0.15) is 6.42 Å². The van der Waals surface area contributed by atoms with E-state index < -0.39 is 35.5 Å². The molecule has 2 heterocycles. The standard InChI is InChI=1S/C23H21F2N5O4S/c1-34-20(32)12-18-22(33)26-9-10-29(18)19(31)13-35-23-28-27-21(14-5-3-2-4-6-14)30(23)17-8-7-15(24)11-16(17)25/h2-8,11,18H,9-10,12-13H2,1H3,(H,26,33)/t18-/m1/s1. The molecule has 35 heavy (non-hydrogen) atoms. The minimum atomic E-state index is -0.989. The molecule has 0 bridgehead atoms. The Morgan fingerprint density at radius 1 is 1.17 bits per heavy atom. The van der Waals surface area contributed by atoms with Crippen molar-refractivity contribution >= 4 is 29.5 Å². The number of hydrogen-bond acceptors (Lipinski definition) is 7. The third-order valence-electron chi connectivity index (χ3n) is 5.38. The van der Waals surface area contributed by atoms with Crippen LogP contribution in [0, 0.1) is 11.6 Å². The first-order chi connectivity index (χ1) is 16.9. The average Bonchev–Trinajstić information content (AvgIpc) is 3.27. The number of hydrogen-bond donors (Lipinski definition) is 1. The average molecular weight is 502 g/mol. The molecule has 0 radical (unpaired) electrons. The molecule has 3 aromatic rings. The second-order valence-corrected chi connectivity index (χ2v) is 8.51. The van der Waals surface area contributed by atoms with Gasteiger partial charge in [-0.05, 0) is 12.1 Å². The fourth-order valence-electron chi connectivity index (χ4n) is 3.68. The summed E-state index contributed by atoms with van der Waals surface area (Å²) < 4.78 is 34.4. The van der Waals surface area contributed by atoms with Gasteiger partial charge in [-0.25, -0.2) is 8.78 Å². The highest BCUT2D eigenvalue weighted by atomic mass is 32.2. The highest BCUT2D eigenvalue weighted by Crippen LogP contribution is 2.30. The van der Waals surface area contributed by atoms with Crippen LogP contribution in [-0.2, 0) is 19.1 Å². The van der Waals surface area contributed by atoms with Crippen LogP contribution in [0.5, 0.6) is 0 Å². The van der Waals surface area contributed by atoms with Crippen molar-refractivity contribution in [3.8, 4) is 17.1 Å². The van der Waals surface area contributed by atoms with E-state index in [4.69, 9.17) is 0 Å². The Bertz CT molecular complexity index is 1250. The number of benzene rings is 2. The van der Waals surface area contributed by atoms with Gasteiger partial charge < -0.3 is 15.0 Å². The molecule has 1 aromatic heterocycles. The topological polar surface area (TPSA) is 106 Å². The summed E-state index contributed by atoms with van der Waals surface area (Å²) in [6, 6.07) is 11.1. The number of ether oxygens (including phenoxy) is 1. The van der Waals surface area contributed by atoms with E-state index >= 15 is 0 Å². The third kappa shape index (κ3) is 5.32. The van der Waals surface area contributed by atoms with E-state index in [0.717, 1.165) is 23.9 Å². The lowest BCUT2D eigenvalue weighted by atomic mass is 10.1. The van der Waals surface area contributed by atoms with Crippen LogP contribution in [0.15, 0.2) is 53.7 Å². The van der Waals surface area contributed by atoms with E-state index in [-0.39, 0.29) is 36.1 Å². The van der Waals surface area contributed by atoms with E-state index in [0.29, 0.717) is 11.4 Å². The second-order valence-electron chi connectivity index (χ2n) is 7.57. The number of piperazine rings is 1. The maximum Gasteiger partial charge on any atom is 0.308 e. The van der Waals surface area contributed by atoms with Crippen molar-refractivity contribution in [3.63, 3.8) is 0 Å². The summed E-state index contributed by atoms with van der Waals surface area (Å²) in [7, 11) is 1.21. The van der Waals surface area contributed by atoms with Gasteiger partial charge in [0, 0.05) is 24.7 Å². The second kappa shape index (κ2) is 10.6. The van der Waals surface area contributed by atoms with Crippen LogP contribution >= 0.6 is 11.8 Å². The lowest BCUT2D eigenvalue weighted by Crippen LogP contribution is -2.58. The van der Waals surface area contributed by atoms with Gasteiger partial charge in [0.15, 0.2) is 11.0 Å². The Morgan fingerprint density at radius 2 is 1.94 bits per heavy atom. The molecule has 12 heteroatoms. The zero-order chi connectivity index (χ0) is 24.9. The molecule has 0 saturated carbocycles. The monoisotopic (exact) mass is 501 g/mol. The van der Waals surface area contributed by atoms with E-state index in [2.05, 4.69) is 20.3 Å². The Balaban J connectivity index is 1.62. The van der Waals surface area contributed by atoms with Gasteiger partial charge >= 0.3 is 5.97 Å². The molecule has 9 nitrogen and oxygen atoms in total. The van der Waals surface area contributed by atoms with Gasteiger partial charge in [0.05, 0.1) is 25.0 Å². The first-order valence-electron chi connectivity index (χ1n) is 10.6. The van der Waals surface area contributed by atoms with Crippen LogP contribution in [0.3, 0.4) is 0 Å². The number of aromatic nitrogens is 3. The van der Waals surface area contributed by atoms with Crippen molar-refractivity contribution in [1.82, 2.24) is 25.0 Å². The minimum Gasteiger partial charge on any atom is -0.469 e. The molecule has 1 aliphatic rings. The highest BCUT2D eigenvalue weighted by molar-refractivity contribution is 7.99. The number of amides is 2. The van der Waals surface area contributed by atoms with Crippen LogP contribution in [0.4, 0.5) is 8.78 Å². The predicted octanol–water partition coefficient (Wildman–Crippen LogP) is 2.19. The number of carbonyl (C=O) groups is 3. The summed E-state index contributed by atoms with van der Waals surface area (Å²) in [5.41, 5.74) is 0.666. The van der Waals surface area contributed by atoms with Crippen molar-refractivity contribution in [2.45, 2.75) is 17.6 Å². The molecule has 1 aliphatic heterocycles. The first kappa shape index (κ1) is 24.3. The van der Waals surface area contributed by atoms with Crippen LogP contribution in [0.2, 0.25) is 0 Å². The van der Waals surface area contributed by atoms with Gasteiger partial charge in [-0.15, -0.1) is 10.2 Å². The molecule has 0 spiro atoms. The summed E-state index contributed by atoms with van der Waals surface area (Å²) >= 11 is 0.990. The molecule has 1 fully saturated rings. The molecule has 1 atom stereocenters. The van der Waals surface area contributed by atoms with E-state index in [1.54, 1.807) is 24.3 Å². The Morgan fingerprint density at radius 3 is 2.66 bits per heavy atom. The van der Waals surface area contributed by atoms with Crippen LogP contribution in [-0.4, -0.2) is 69.4 Å². The summed E-state index contributed by atoms with van der Waals surface area (Å²) in [6.45, 7) is 0.476. The zero-order valence-corrected chi connectivity index (χ0v) is 19.4. The Hall–Kier alpha value is -3.80. The van der Waals surface area contributed by atoms with Gasteiger partial charge in [-0.3, -0.25) is 19.0 Å². The normalized spacial score (nSPS) is 15.6. The number of thioether (sulfide) groups is 1. The number of nitrogens with zero attached hydrogens (tertiary/aromatic N) is 4. The quantitative estimate of drug-likeness (QED) is 0.391. The molecule has 182 valence electrons. The molecule has 1 saturated heterocycles. The van der Waals surface area contributed by atoms with Gasteiger partial charge in [0.2, 0.25) is 11.8 Å². The number of carbonyl (C=O) groups excluding carboxylic acids is 3. The molecule has 2 aromatic carbocycles. The molecule has 0 aliphatic carbocycles. The summed E-state index contributed by atoms with van der Waals surface area (Å²) in [6.07, 6.45) is -0.270. The van der Waals surface area contributed by atoms with Gasteiger partial charge in [-0.2, -0.15) is 0 Å². The summed E-state index contributed by atoms with van der Waals surface area (Å²) in [5, 5.41) is 11.2. The largest absolute Gasteiger partial charge is 0.469 e. The van der Waals surface area contributed by atoms with Gasteiger partial charge in [0.25, 0.3) is 0 Å². The van der Waals surface area contributed by atoms with Crippen LogP contribution < -0.4 is 5.32 Å². The van der Waals surface area contributed by atoms with Crippen LogP contribution in [0.25, 0.3) is 17.1 Å². The molecule has 0 unspecified atom stereocenters. The smallest absolute Gasteiger partial charge is 0.308 e. The summed E-state index contributed by atoms with van der Waals surface area (Å²) in [4.78, 5) is 38.4. The fraction of sp³-hybridized carbons (Fsp3) is 0.261. The Kier molecular flexibility index (Phi) is 7.39. The van der Waals surface area contributed by atoms with Crippen molar-refractivity contribution < 1.29 is 27.9 Å². The first-order valence-corrected chi connectivity index (χ1v) is 11.6. The lowest BCUT2D eigenvalue weighted by Gasteiger charge is -2.34. The lowest BCUT2D eigenvalue weighted by molar-refractivity contribution is -0.149. The van der Waals surface area contributed by atoms with Gasteiger partial charge in [0.1, 0.15) is 17.7 Å².